The van der Waals surface area contributed by atoms with E-state index >= 15 is 0 Å². The van der Waals surface area contributed by atoms with E-state index in [9.17, 15) is 8.42 Å². The highest BCUT2D eigenvalue weighted by Gasteiger charge is 2.59. The van der Waals surface area contributed by atoms with E-state index in [0.717, 1.165) is 26.6 Å². The van der Waals surface area contributed by atoms with E-state index in [-0.39, 0.29) is 11.6 Å². The summed E-state index contributed by atoms with van der Waals surface area (Å²) >= 11 is 1.71. The van der Waals surface area contributed by atoms with E-state index in [2.05, 4.69) is 35.4 Å². The second-order valence-electron chi connectivity index (χ2n) is 8.75. The molecule has 2 fully saturated rings. The number of amidine groups is 1. The van der Waals surface area contributed by atoms with E-state index in [1.165, 1.54) is 4.70 Å². The zero-order chi connectivity index (χ0) is 22.0. The molecule has 5 nitrogen and oxygen atoms in total. The molecule has 1 aromatic heterocycles. The molecule has 3 atom stereocenters. The van der Waals surface area contributed by atoms with Crippen LogP contribution in [0.5, 0.6) is 0 Å². The van der Waals surface area contributed by atoms with Gasteiger partial charge in [0.05, 0.1) is 17.4 Å². The minimum atomic E-state index is -3.61. The molecule has 2 saturated heterocycles. The lowest BCUT2D eigenvalue weighted by Gasteiger charge is -2.49. The fraction of sp³-hybridized carbons (Fsp3) is 0.375. The van der Waals surface area contributed by atoms with Gasteiger partial charge < -0.3 is 10.1 Å². The van der Waals surface area contributed by atoms with Gasteiger partial charge in [-0.3, -0.25) is 5.41 Å². The number of fused-ring (bicyclic) bond motifs is 3. The van der Waals surface area contributed by atoms with Gasteiger partial charge in [-0.1, -0.05) is 12.0 Å². The van der Waals surface area contributed by atoms with E-state index < -0.39 is 26.2 Å². The number of rotatable bonds is 2. The summed E-state index contributed by atoms with van der Waals surface area (Å²) in [6, 6.07) is 12.3. The number of sulfone groups is 1. The minimum Gasteiger partial charge on any atom is -0.376 e. The Bertz CT molecular complexity index is 1410. The predicted octanol–water partition coefficient (Wildman–Crippen LogP) is 4.18. The fourth-order valence-electron chi connectivity index (χ4n) is 4.65. The van der Waals surface area contributed by atoms with Crippen LogP contribution >= 0.6 is 11.3 Å². The van der Waals surface area contributed by atoms with Crippen LogP contribution in [0.2, 0.25) is 0 Å². The fourth-order valence-corrected chi connectivity index (χ4v) is 7.97. The number of thiophene rings is 1. The Morgan fingerprint density at radius 1 is 1.16 bits per heavy atom. The van der Waals surface area contributed by atoms with Crippen LogP contribution in [0.15, 0.2) is 36.4 Å². The highest BCUT2D eigenvalue weighted by Crippen LogP contribution is 2.42. The highest BCUT2D eigenvalue weighted by molar-refractivity contribution is 7.93. The molecule has 3 heterocycles. The summed E-state index contributed by atoms with van der Waals surface area (Å²) in [5, 5.41) is 14.1. The molecule has 0 unspecified atom stereocenters. The van der Waals surface area contributed by atoms with Gasteiger partial charge in [-0.2, -0.15) is 0 Å². The van der Waals surface area contributed by atoms with E-state index in [0.29, 0.717) is 13.0 Å². The molecule has 3 aromatic rings. The normalized spacial score (nSPS) is 29.8. The molecule has 0 amide bonds. The van der Waals surface area contributed by atoms with Gasteiger partial charge in [-0.15, -0.1) is 17.3 Å². The van der Waals surface area contributed by atoms with Crippen molar-refractivity contribution in [1.29, 1.82) is 5.41 Å². The van der Waals surface area contributed by atoms with Gasteiger partial charge in [0.1, 0.15) is 5.84 Å². The van der Waals surface area contributed by atoms with Gasteiger partial charge in [-0.25, -0.2) is 8.42 Å². The van der Waals surface area contributed by atoms with E-state index in [1.54, 1.807) is 18.3 Å². The molecular formula is C24H24N2O3S2. The van der Waals surface area contributed by atoms with Gasteiger partial charge in [0.2, 0.25) is 0 Å². The third kappa shape index (κ3) is 2.93. The van der Waals surface area contributed by atoms with Gasteiger partial charge >= 0.3 is 0 Å². The SMILES string of the molecule is CC#Cc1ccc2sc3ccc([C@]4(C)CS(=O)(=O)[C@@](C)([C@H]5CCO5)C(=N)N4)cc3c2c1. The summed E-state index contributed by atoms with van der Waals surface area (Å²) in [6.45, 7) is 5.85. The highest BCUT2D eigenvalue weighted by atomic mass is 32.2. The number of hydrogen-bond donors (Lipinski definition) is 2. The van der Waals surface area contributed by atoms with Crippen molar-refractivity contribution in [3.63, 3.8) is 0 Å². The van der Waals surface area contributed by atoms with Crippen molar-refractivity contribution in [2.45, 2.75) is 43.6 Å². The first kappa shape index (κ1) is 20.5. The lowest BCUT2D eigenvalue weighted by atomic mass is 9.89. The van der Waals surface area contributed by atoms with Crippen molar-refractivity contribution in [1.82, 2.24) is 5.32 Å². The van der Waals surface area contributed by atoms with Gasteiger partial charge in [-0.05, 0) is 63.1 Å². The quantitative estimate of drug-likeness (QED) is 0.572. The van der Waals surface area contributed by atoms with Gasteiger partial charge in [0.15, 0.2) is 14.6 Å². The van der Waals surface area contributed by atoms with Crippen LogP contribution in [-0.4, -0.2) is 37.5 Å². The first-order chi connectivity index (χ1) is 14.7. The van der Waals surface area contributed by atoms with Crippen molar-refractivity contribution < 1.29 is 13.2 Å². The van der Waals surface area contributed by atoms with Crippen molar-refractivity contribution in [2.24, 2.45) is 0 Å². The molecule has 7 heteroatoms. The zero-order valence-corrected chi connectivity index (χ0v) is 19.3. The van der Waals surface area contributed by atoms with Crippen molar-refractivity contribution in [2.75, 3.05) is 12.4 Å². The molecule has 5 rings (SSSR count). The first-order valence-electron chi connectivity index (χ1n) is 10.3. The molecule has 2 aliphatic heterocycles. The summed E-state index contributed by atoms with van der Waals surface area (Å²) in [7, 11) is -3.61. The predicted molar refractivity (Wildman–Crippen MR) is 127 cm³/mol. The van der Waals surface area contributed by atoms with Crippen LogP contribution in [0.1, 0.15) is 38.3 Å². The van der Waals surface area contributed by atoms with Crippen molar-refractivity contribution >= 4 is 47.2 Å². The lowest BCUT2D eigenvalue weighted by Crippen LogP contribution is -2.70. The summed E-state index contributed by atoms with van der Waals surface area (Å²) in [5.41, 5.74) is 0.932. The average Bonchev–Trinajstić information content (AvgIpc) is 3.02. The van der Waals surface area contributed by atoms with Crippen LogP contribution in [0, 0.1) is 17.3 Å². The molecule has 0 radical (unpaired) electrons. The molecule has 2 N–H and O–H groups in total. The lowest BCUT2D eigenvalue weighted by molar-refractivity contribution is -0.0607. The van der Waals surface area contributed by atoms with Crippen LogP contribution in [0.4, 0.5) is 0 Å². The molecule has 0 spiro atoms. The molecule has 2 aliphatic rings. The summed E-state index contributed by atoms with van der Waals surface area (Å²) in [4.78, 5) is 0. The maximum atomic E-state index is 13.4. The number of nitrogens with one attached hydrogen (secondary N) is 2. The largest absolute Gasteiger partial charge is 0.376 e. The van der Waals surface area contributed by atoms with Crippen LogP contribution in [0.3, 0.4) is 0 Å². The number of ether oxygens (including phenoxy) is 1. The third-order valence-corrected chi connectivity index (χ3v) is 10.6. The molecule has 2 aromatic carbocycles. The summed E-state index contributed by atoms with van der Waals surface area (Å²) < 4.78 is 33.3. The number of benzene rings is 2. The zero-order valence-electron chi connectivity index (χ0n) is 17.7. The molecule has 160 valence electrons. The maximum Gasteiger partial charge on any atom is 0.168 e. The molecule has 0 saturated carbocycles. The Kier molecular flexibility index (Phi) is 4.50. The summed E-state index contributed by atoms with van der Waals surface area (Å²) in [5.74, 6) is 5.98. The van der Waals surface area contributed by atoms with Crippen molar-refractivity contribution in [3.05, 3.63) is 47.5 Å². The van der Waals surface area contributed by atoms with Gasteiger partial charge in [0, 0.05) is 32.3 Å². The average molecular weight is 453 g/mol. The maximum absolute atomic E-state index is 13.4. The Labute approximate surface area is 186 Å². The Balaban J connectivity index is 1.61. The third-order valence-electron chi connectivity index (χ3n) is 6.71. The number of hydrogen-bond acceptors (Lipinski definition) is 5. The Morgan fingerprint density at radius 3 is 2.45 bits per heavy atom. The smallest absolute Gasteiger partial charge is 0.168 e. The Hall–Kier alpha value is -2.40. The first-order valence-corrected chi connectivity index (χ1v) is 12.8. The van der Waals surface area contributed by atoms with Crippen LogP contribution in [0.25, 0.3) is 20.2 Å². The molecule has 0 aliphatic carbocycles. The van der Waals surface area contributed by atoms with E-state index in [4.69, 9.17) is 10.1 Å². The minimum absolute atomic E-state index is 0.0155. The Morgan fingerprint density at radius 2 is 1.84 bits per heavy atom. The topological polar surface area (TPSA) is 79.2 Å². The van der Waals surface area contributed by atoms with Gasteiger partial charge in [0.25, 0.3) is 0 Å². The van der Waals surface area contributed by atoms with Crippen molar-refractivity contribution in [3.8, 4) is 11.8 Å². The van der Waals surface area contributed by atoms with E-state index in [1.807, 2.05) is 32.0 Å². The summed E-state index contributed by atoms with van der Waals surface area (Å²) in [6.07, 6.45) is 0.204. The second-order valence-corrected chi connectivity index (χ2v) is 12.2. The molecular weight excluding hydrogens is 428 g/mol. The standard InChI is InChI=1S/C24H24N2O3S2/c1-4-5-15-6-8-19-17(12-15)18-13-16(7-9-20(18)30-19)23(2)14-31(27,28)24(3,22(25)26-23)21-10-11-29-21/h6-9,12-13,21H,10-11,14H2,1-3H3,(H2,25,26)/t21-,23+,24+/m1/s1. The molecule has 31 heavy (non-hydrogen) atoms. The van der Waals surface area contributed by atoms with Crippen LogP contribution < -0.4 is 5.32 Å². The second kappa shape index (κ2) is 6.80. The van der Waals surface area contributed by atoms with Crippen LogP contribution in [-0.2, 0) is 20.1 Å². The monoisotopic (exact) mass is 452 g/mol. The molecule has 0 bridgehead atoms.